The van der Waals surface area contributed by atoms with Crippen molar-refractivity contribution in [1.82, 2.24) is 0 Å². The van der Waals surface area contributed by atoms with Crippen molar-refractivity contribution >= 4 is 23.3 Å². The average Bonchev–Trinajstić information content (AvgIpc) is 2.35. The highest BCUT2D eigenvalue weighted by Gasteiger charge is 2.08. The summed E-state index contributed by atoms with van der Waals surface area (Å²) in [4.78, 5) is 12.6. The van der Waals surface area contributed by atoms with E-state index in [1.165, 1.54) is 5.54 Å². The molecule has 92 valence electrons. The molecule has 0 heterocycles. The van der Waals surface area contributed by atoms with E-state index in [0.29, 0.717) is 13.1 Å². The van der Waals surface area contributed by atoms with Crippen LogP contribution in [0.5, 0.6) is 0 Å². The molecule has 0 spiro atoms. The third-order valence-corrected chi connectivity index (χ3v) is 2.72. The van der Waals surface area contributed by atoms with E-state index in [1.807, 2.05) is 42.2 Å². The Kier molecular flexibility index (Phi) is 5.57. The molecule has 1 aromatic carbocycles. The number of hydrogen-bond acceptors (Lipinski definition) is 2. The molecule has 0 saturated carbocycles. The standard InChI is InChI=1S/C13H16ClNO2/c1-11(9-14)10-15(8-7-13(16)17)12-5-3-2-4-6-12/h2-6,9H,7-8,10H2,1H3,(H,16,17)/b11-9-. The summed E-state index contributed by atoms with van der Waals surface area (Å²) in [7, 11) is 0. The molecule has 1 aromatic rings. The monoisotopic (exact) mass is 253 g/mol. The Hall–Kier alpha value is -1.48. The van der Waals surface area contributed by atoms with Crippen LogP contribution < -0.4 is 4.90 Å². The lowest BCUT2D eigenvalue weighted by atomic mass is 10.2. The molecule has 17 heavy (non-hydrogen) atoms. The van der Waals surface area contributed by atoms with Gasteiger partial charge in [-0.25, -0.2) is 0 Å². The van der Waals surface area contributed by atoms with Gasteiger partial charge in [0.05, 0.1) is 6.42 Å². The summed E-state index contributed by atoms with van der Waals surface area (Å²) in [6.45, 7) is 3.03. The van der Waals surface area contributed by atoms with Gasteiger partial charge in [-0.05, 0) is 24.6 Å². The number of carboxylic acid groups (broad SMARTS) is 1. The summed E-state index contributed by atoms with van der Waals surface area (Å²) in [5.41, 5.74) is 3.53. The minimum atomic E-state index is -0.793. The second kappa shape index (κ2) is 6.97. The Morgan fingerprint density at radius 2 is 2.06 bits per heavy atom. The molecule has 1 rings (SSSR count). The predicted molar refractivity (Wildman–Crippen MR) is 70.5 cm³/mol. The molecule has 3 nitrogen and oxygen atoms in total. The maximum Gasteiger partial charge on any atom is 0.305 e. The number of halogens is 1. The number of anilines is 1. The number of rotatable bonds is 6. The highest BCUT2D eigenvalue weighted by molar-refractivity contribution is 6.25. The van der Waals surface area contributed by atoms with E-state index in [9.17, 15) is 4.79 Å². The smallest absolute Gasteiger partial charge is 0.305 e. The first kappa shape index (κ1) is 13.6. The van der Waals surface area contributed by atoms with Crippen molar-refractivity contribution < 1.29 is 9.90 Å². The fraction of sp³-hybridized carbons (Fsp3) is 0.308. The number of hydrogen-bond donors (Lipinski definition) is 1. The van der Waals surface area contributed by atoms with Crippen LogP contribution >= 0.6 is 11.6 Å². The summed E-state index contributed by atoms with van der Waals surface area (Å²) in [5, 5.41) is 8.73. The van der Waals surface area contributed by atoms with Gasteiger partial charge in [0.15, 0.2) is 0 Å². The summed E-state index contributed by atoms with van der Waals surface area (Å²) in [6.07, 6.45) is 0.116. The summed E-state index contributed by atoms with van der Waals surface area (Å²) in [6, 6.07) is 9.72. The number of nitrogens with zero attached hydrogens (tertiary/aromatic N) is 1. The topological polar surface area (TPSA) is 40.5 Å². The quantitative estimate of drug-likeness (QED) is 0.847. The van der Waals surface area contributed by atoms with Gasteiger partial charge in [0.25, 0.3) is 0 Å². The van der Waals surface area contributed by atoms with Crippen LogP contribution in [-0.2, 0) is 4.79 Å². The fourth-order valence-electron chi connectivity index (χ4n) is 1.50. The molecule has 1 N–H and O–H groups in total. The molecule has 0 aliphatic carbocycles. The summed E-state index contributed by atoms with van der Waals surface area (Å²) < 4.78 is 0. The van der Waals surface area contributed by atoms with Crippen LogP contribution in [0, 0.1) is 0 Å². The fourth-order valence-corrected chi connectivity index (χ4v) is 1.57. The van der Waals surface area contributed by atoms with E-state index in [0.717, 1.165) is 11.3 Å². The Morgan fingerprint density at radius 1 is 1.41 bits per heavy atom. The van der Waals surface area contributed by atoms with Crippen LogP contribution in [0.2, 0.25) is 0 Å². The van der Waals surface area contributed by atoms with Crippen LogP contribution in [0.3, 0.4) is 0 Å². The first-order valence-corrected chi connectivity index (χ1v) is 5.84. The minimum Gasteiger partial charge on any atom is -0.481 e. The molecule has 0 aliphatic heterocycles. The third-order valence-electron chi connectivity index (χ3n) is 2.34. The second-order valence-corrected chi connectivity index (χ2v) is 4.07. The van der Waals surface area contributed by atoms with Crippen LogP contribution in [-0.4, -0.2) is 24.2 Å². The highest BCUT2D eigenvalue weighted by atomic mass is 35.5. The average molecular weight is 254 g/mol. The Balaban J connectivity index is 2.75. The molecule has 0 aliphatic rings. The van der Waals surface area contributed by atoms with E-state index in [2.05, 4.69) is 0 Å². The molecule has 4 heteroatoms. The largest absolute Gasteiger partial charge is 0.481 e. The zero-order valence-corrected chi connectivity index (χ0v) is 10.5. The van der Waals surface area contributed by atoms with Crippen molar-refractivity contribution in [3.63, 3.8) is 0 Å². The van der Waals surface area contributed by atoms with Crippen molar-refractivity contribution in [3.05, 3.63) is 41.4 Å². The van der Waals surface area contributed by atoms with Crippen LogP contribution in [0.15, 0.2) is 41.4 Å². The minimum absolute atomic E-state index is 0.116. The Morgan fingerprint density at radius 3 is 2.59 bits per heavy atom. The van der Waals surface area contributed by atoms with Gasteiger partial charge in [-0.15, -0.1) is 0 Å². The molecule has 0 atom stereocenters. The number of aliphatic carboxylic acids is 1. The number of carbonyl (C=O) groups is 1. The van der Waals surface area contributed by atoms with Crippen molar-refractivity contribution in [2.45, 2.75) is 13.3 Å². The van der Waals surface area contributed by atoms with Gasteiger partial charge in [-0.3, -0.25) is 4.79 Å². The van der Waals surface area contributed by atoms with E-state index < -0.39 is 5.97 Å². The molecule has 0 aromatic heterocycles. The van der Waals surface area contributed by atoms with Crippen molar-refractivity contribution in [3.8, 4) is 0 Å². The third kappa shape index (κ3) is 4.91. The normalized spacial score (nSPS) is 11.3. The Bertz CT molecular complexity index is 390. The van der Waals surface area contributed by atoms with Gasteiger partial charge in [-0.1, -0.05) is 29.8 Å². The zero-order chi connectivity index (χ0) is 12.7. The molecular weight excluding hydrogens is 238 g/mol. The first-order chi connectivity index (χ1) is 8.13. The summed E-state index contributed by atoms with van der Waals surface area (Å²) in [5.74, 6) is -0.793. The van der Waals surface area contributed by atoms with Gasteiger partial charge in [0, 0.05) is 24.3 Å². The second-order valence-electron chi connectivity index (χ2n) is 3.86. The molecular formula is C13H16ClNO2. The zero-order valence-electron chi connectivity index (χ0n) is 9.77. The van der Waals surface area contributed by atoms with E-state index in [1.54, 1.807) is 0 Å². The van der Waals surface area contributed by atoms with Gasteiger partial charge in [0.2, 0.25) is 0 Å². The molecule has 0 radical (unpaired) electrons. The lowest BCUT2D eigenvalue weighted by molar-refractivity contribution is -0.136. The van der Waals surface area contributed by atoms with E-state index in [-0.39, 0.29) is 6.42 Å². The van der Waals surface area contributed by atoms with Gasteiger partial charge in [-0.2, -0.15) is 0 Å². The van der Waals surface area contributed by atoms with Gasteiger partial charge < -0.3 is 10.0 Å². The van der Waals surface area contributed by atoms with Gasteiger partial charge in [0.1, 0.15) is 0 Å². The lowest BCUT2D eigenvalue weighted by Gasteiger charge is -2.24. The van der Waals surface area contributed by atoms with Crippen molar-refractivity contribution in [2.24, 2.45) is 0 Å². The maximum absolute atomic E-state index is 10.6. The van der Waals surface area contributed by atoms with Crippen LogP contribution in [0.4, 0.5) is 5.69 Å². The van der Waals surface area contributed by atoms with Gasteiger partial charge >= 0.3 is 5.97 Å². The predicted octanol–water partition coefficient (Wildman–Crippen LogP) is 3.11. The van der Waals surface area contributed by atoms with E-state index >= 15 is 0 Å². The molecule has 0 fully saturated rings. The van der Waals surface area contributed by atoms with E-state index in [4.69, 9.17) is 16.7 Å². The Labute approximate surface area is 106 Å². The van der Waals surface area contributed by atoms with Crippen molar-refractivity contribution in [2.75, 3.05) is 18.0 Å². The number of benzene rings is 1. The number of para-hydroxylation sites is 1. The SMILES string of the molecule is C/C(=C/Cl)CN(CCC(=O)O)c1ccccc1. The lowest BCUT2D eigenvalue weighted by Crippen LogP contribution is -2.27. The van der Waals surface area contributed by atoms with Crippen LogP contribution in [0.1, 0.15) is 13.3 Å². The molecule has 0 bridgehead atoms. The molecule has 0 unspecified atom stereocenters. The molecule has 0 saturated heterocycles. The summed E-state index contributed by atoms with van der Waals surface area (Å²) >= 11 is 5.64. The first-order valence-electron chi connectivity index (χ1n) is 5.41. The maximum atomic E-state index is 10.6. The van der Waals surface area contributed by atoms with Crippen molar-refractivity contribution in [1.29, 1.82) is 0 Å². The van der Waals surface area contributed by atoms with Crippen LogP contribution in [0.25, 0.3) is 0 Å². The number of carboxylic acids is 1. The molecule has 0 amide bonds. The highest BCUT2D eigenvalue weighted by Crippen LogP contribution is 2.15.